The van der Waals surface area contributed by atoms with Crippen LogP contribution >= 0.6 is 11.6 Å². The van der Waals surface area contributed by atoms with E-state index < -0.39 is 0 Å². The molecule has 0 bridgehead atoms. The second kappa shape index (κ2) is 7.47. The normalized spacial score (nSPS) is 16.5. The molecule has 3 heterocycles. The minimum Gasteiger partial charge on any atom is -0.299 e. The molecule has 1 fully saturated rings. The Labute approximate surface area is 152 Å². The van der Waals surface area contributed by atoms with Crippen molar-refractivity contribution < 1.29 is 0 Å². The molecule has 0 radical (unpaired) electrons. The van der Waals surface area contributed by atoms with Crippen LogP contribution in [0.4, 0.5) is 0 Å². The van der Waals surface area contributed by atoms with E-state index in [1.165, 1.54) is 0 Å². The van der Waals surface area contributed by atoms with E-state index in [0.717, 1.165) is 67.4 Å². The Morgan fingerprint density at radius 3 is 2.60 bits per heavy atom. The Balaban J connectivity index is 1.32. The average molecular weight is 357 g/mol. The fourth-order valence-corrected chi connectivity index (χ4v) is 3.46. The van der Waals surface area contributed by atoms with Gasteiger partial charge in [-0.25, -0.2) is 9.97 Å². The lowest BCUT2D eigenvalue weighted by Crippen LogP contribution is -2.46. The zero-order valence-electron chi connectivity index (χ0n) is 14.1. The Bertz CT molecular complexity index is 827. The van der Waals surface area contributed by atoms with E-state index in [1.807, 2.05) is 22.9 Å². The third-order valence-electron chi connectivity index (χ3n) is 4.69. The summed E-state index contributed by atoms with van der Waals surface area (Å²) < 4.78 is 1.88. The van der Waals surface area contributed by atoms with Crippen LogP contribution in [0.15, 0.2) is 43.0 Å². The number of para-hydroxylation sites is 1. The first-order chi connectivity index (χ1) is 12.3. The Morgan fingerprint density at radius 2 is 1.80 bits per heavy atom. The molecule has 0 amide bonds. The van der Waals surface area contributed by atoms with Crippen molar-refractivity contribution >= 4 is 22.5 Å². The summed E-state index contributed by atoms with van der Waals surface area (Å²) in [6, 6.07) is 10.1. The summed E-state index contributed by atoms with van der Waals surface area (Å²) in [6.07, 6.45) is 3.35. The van der Waals surface area contributed by atoms with Crippen molar-refractivity contribution in [1.82, 2.24) is 29.5 Å². The van der Waals surface area contributed by atoms with Crippen molar-refractivity contribution in [3.63, 3.8) is 0 Å². The van der Waals surface area contributed by atoms with Crippen LogP contribution in [0.1, 0.15) is 5.69 Å². The molecule has 0 saturated carbocycles. The van der Waals surface area contributed by atoms with Gasteiger partial charge in [-0.2, -0.15) is 5.10 Å². The molecule has 7 heteroatoms. The molecule has 25 heavy (non-hydrogen) atoms. The van der Waals surface area contributed by atoms with Crippen molar-refractivity contribution in [3.05, 3.63) is 53.7 Å². The predicted octanol–water partition coefficient (Wildman–Crippen LogP) is 2.30. The monoisotopic (exact) mass is 356 g/mol. The maximum absolute atomic E-state index is 6.27. The smallest absolute Gasteiger partial charge is 0.137 e. The summed E-state index contributed by atoms with van der Waals surface area (Å²) in [6.45, 7) is 7.04. The topological polar surface area (TPSA) is 50.1 Å². The van der Waals surface area contributed by atoms with Crippen molar-refractivity contribution in [2.24, 2.45) is 0 Å². The second-order valence-corrected chi connectivity index (χ2v) is 6.80. The van der Waals surface area contributed by atoms with Crippen LogP contribution < -0.4 is 0 Å². The molecular formula is C18H21ClN6. The minimum absolute atomic E-state index is 0.720. The molecule has 0 aliphatic carbocycles. The highest BCUT2D eigenvalue weighted by atomic mass is 35.5. The molecule has 0 spiro atoms. The number of aromatic nitrogens is 4. The van der Waals surface area contributed by atoms with Gasteiger partial charge in [0.1, 0.15) is 12.7 Å². The van der Waals surface area contributed by atoms with E-state index >= 15 is 0 Å². The van der Waals surface area contributed by atoms with E-state index in [0.29, 0.717) is 0 Å². The van der Waals surface area contributed by atoms with Gasteiger partial charge in [0.25, 0.3) is 0 Å². The van der Waals surface area contributed by atoms with Gasteiger partial charge in [0, 0.05) is 44.7 Å². The molecular weight excluding hydrogens is 336 g/mol. The number of hydrogen-bond donors (Lipinski definition) is 0. The number of fused-ring (bicyclic) bond motifs is 1. The van der Waals surface area contributed by atoms with Gasteiger partial charge >= 0.3 is 0 Å². The highest BCUT2D eigenvalue weighted by molar-refractivity contribution is 6.35. The van der Waals surface area contributed by atoms with Crippen LogP contribution in [0.3, 0.4) is 0 Å². The molecule has 1 saturated heterocycles. The summed E-state index contributed by atoms with van der Waals surface area (Å²) in [4.78, 5) is 13.7. The first-order valence-corrected chi connectivity index (χ1v) is 8.97. The minimum atomic E-state index is 0.720. The Kier molecular flexibility index (Phi) is 4.92. The molecule has 1 aliphatic heterocycles. The second-order valence-electron chi connectivity index (χ2n) is 6.39. The van der Waals surface area contributed by atoms with Gasteiger partial charge in [0.05, 0.1) is 22.8 Å². The summed E-state index contributed by atoms with van der Waals surface area (Å²) in [5, 5.41) is 5.96. The van der Waals surface area contributed by atoms with Gasteiger partial charge in [0.15, 0.2) is 0 Å². The number of rotatable bonds is 5. The van der Waals surface area contributed by atoms with Gasteiger partial charge < -0.3 is 0 Å². The average Bonchev–Trinajstić information content (AvgIpc) is 3.15. The van der Waals surface area contributed by atoms with E-state index in [-0.39, 0.29) is 0 Å². The molecule has 6 nitrogen and oxygen atoms in total. The lowest BCUT2D eigenvalue weighted by atomic mass is 10.2. The highest BCUT2D eigenvalue weighted by Gasteiger charge is 2.17. The van der Waals surface area contributed by atoms with Crippen molar-refractivity contribution in [2.45, 2.75) is 13.1 Å². The molecule has 0 unspecified atom stereocenters. The maximum atomic E-state index is 6.27. The van der Waals surface area contributed by atoms with Crippen molar-refractivity contribution in [3.8, 4) is 0 Å². The first kappa shape index (κ1) is 16.4. The molecule has 2 aromatic heterocycles. The molecule has 3 aromatic rings. The van der Waals surface area contributed by atoms with Crippen molar-refractivity contribution in [2.75, 3.05) is 32.7 Å². The van der Waals surface area contributed by atoms with E-state index in [9.17, 15) is 0 Å². The van der Waals surface area contributed by atoms with Crippen LogP contribution in [-0.4, -0.2) is 62.3 Å². The van der Waals surface area contributed by atoms with Gasteiger partial charge in [-0.15, -0.1) is 0 Å². The molecule has 130 valence electrons. The zero-order valence-corrected chi connectivity index (χ0v) is 14.8. The molecule has 1 aromatic carbocycles. The predicted molar refractivity (Wildman–Crippen MR) is 98.5 cm³/mol. The van der Waals surface area contributed by atoms with Crippen LogP contribution in [-0.2, 0) is 13.1 Å². The van der Waals surface area contributed by atoms with Crippen LogP contribution in [0, 0.1) is 0 Å². The Morgan fingerprint density at radius 1 is 0.960 bits per heavy atom. The standard InChI is InChI=1S/C18H21ClN6/c19-17-3-1-2-15-4-5-16(22-18(15)17)12-24-8-6-23(7-9-24)10-11-25-14-20-13-21-25/h1-5,13-14H,6-12H2. The molecule has 1 aliphatic rings. The third kappa shape index (κ3) is 3.98. The largest absolute Gasteiger partial charge is 0.299 e. The van der Waals surface area contributed by atoms with Gasteiger partial charge in [0.2, 0.25) is 0 Å². The maximum Gasteiger partial charge on any atom is 0.137 e. The molecule has 4 rings (SSSR count). The molecule has 0 N–H and O–H groups in total. The van der Waals surface area contributed by atoms with Crippen molar-refractivity contribution in [1.29, 1.82) is 0 Å². The first-order valence-electron chi connectivity index (χ1n) is 8.59. The highest BCUT2D eigenvalue weighted by Crippen LogP contribution is 2.22. The van der Waals surface area contributed by atoms with E-state index in [1.54, 1.807) is 12.7 Å². The van der Waals surface area contributed by atoms with Gasteiger partial charge in [-0.3, -0.25) is 14.5 Å². The van der Waals surface area contributed by atoms with Crippen LogP contribution in [0.5, 0.6) is 0 Å². The van der Waals surface area contributed by atoms with E-state index in [2.05, 4.69) is 32.0 Å². The summed E-state index contributed by atoms with van der Waals surface area (Å²) in [5.74, 6) is 0. The summed E-state index contributed by atoms with van der Waals surface area (Å²) in [7, 11) is 0. The number of halogens is 1. The fraction of sp³-hybridized carbons (Fsp3) is 0.389. The van der Waals surface area contributed by atoms with Gasteiger partial charge in [-0.05, 0) is 12.1 Å². The van der Waals surface area contributed by atoms with Crippen LogP contribution in [0.2, 0.25) is 5.02 Å². The van der Waals surface area contributed by atoms with Crippen LogP contribution in [0.25, 0.3) is 10.9 Å². The molecule has 0 atom stereocenters. The van der Waals surface area contributed by atoms with E-state index in [4.69, 9.17) is 16.6 Å². The zero-order chi connectivity index (χ0) is 17.1. The quantitative estimate of drug-likeness (QED) is 0.702. The number of nitrogens with zero attached hydrogens (tertiary/aromatic N) is 6. The number of piperazine rings is 1. The number of pyridine rings is 1. The number of benzene rings is 1. The summed E-state index contributed by atoms with van der Waals surface area (Å²) in [5.41, 5.74) is 1.98. The lowest BCUT2D eigenvalue weighted by Gasteiger charge is -2.34. The lowest BCUT2D eigenvalue weighted by molar-refractivity contribution is 0.122. The fourth-order valence-electron chi connectivity index (χ4n) is 3.23. The third-order valence-corrected chi connectivity index (χ3v) is 5.00. The summed E-state index contributed by atoms with van der Waals surface area (Å²) >= 11 is 6.27. The Hall–Kier alpha value is -2.02. The SMILES string of the molecule is Clc1cccc2ccc(CN3CCN(CCn4cncn4)CC3)nc12. The number of hydrogen-bond acceptors (Lipinski definition) is 5. The van der Waals surface area contributed by atoms with Gasteiger partial charge in [-0.1, -0.05) is 29.8 Å².